The standard InChI is InChI=1S/C33H35N3O4S2/c1-5-39-32(38)29-24-14-13-20(4)15-28(24)42-31(29)36-33(41)35-30(37)25-17-27(34-26-12-7-6-11-23(25)26)21-9-8-10-22(16-21)40-18-19(2)3/h6-12,16-17,19-20H,5,13-15,18H2,1-4H3,(H2,35,36,37,41)/t20-/m1/s1. The Balaban J connectivity index is 1.42. The van der Waals surface area contributed by atoms with Gasteiger partial charge in [-0.1, -0.05) is 51.1 Å². The smallest absolute Gasteiger partial charge is 0.341 e. The summed E-state index contributed by atoms with van der Waals surface area (Å²) in [6.45, 7) is 9.10. The van der Waals surface area contributed by atoms with Gasteiger partial charge in [-0.2, -0.15) is 0 Å². The number of anilines is 1. The number of hydrogen-bond donors (Lipinski definition) is 2. The van der Waals surface area contributed by atoms with E-state index in [2.05, 4.69) is 31.4 Å². The van der Waals surface area contributed by atoms with Gasteiger partial charge in [0.25, 0.3) is 5.91 Å². The maximum atomic E-state index is 13.7. The van der Waals surface area contributed by atoms with Crippen LogP contribution in [-0.4, -0.2) is 35.2 Å². The van der Waals surface area contributed by atoms with Gasteiger partial charge in [0.2, 0.25) is 0 Å². The van der Waals surface area contributed by atoms with Crippen LogP contribution in [0.25, 0.3) is 22.2 Å². The van der Waals surface area contributed by atoms with E-state index in [0.29, 0.717) is 51.2 Å². The first-order valence-electron chi connectivity index (χ1n) is 14.3. The molecule has 1 amide bonds. The summed E-state index contributed by atoms with van der Waals surface area (Å²) < 4.78 is 11.3. The summed E-state index contributed by atoms with van der Waals surface area (Å²) >= 11 is 7.09. The van der Waals surface area contributed by atoms with Crippen LogP contribution in [-0.2, 0) is 17.6 Å². The van der Waals surface area contributed by atoms with Crippen molar-refractivity contribution in [2.24, 2.45) is 11.8 Å². The fraction of sp³-hybridized carbons (Fsp3) is 0.333. The van der Waals surface area contributed by atoms with E-state index >= 15 is 0 Å². The quantitative estimate of drug-likeness (QED) is 0.160. The van der Waals surface area contributed by atoms with Crippen LogP contribution in [0.4, 0.5) is 5.00 Å². The summed E-state index contributed by atoms with van der Waals surface area (Å²) in [6.07, 6.45) is 2.74. The molecule has 0 saturated heterocycles. The Kier molecular flexibility index (Phi) is 9.18. The van der Waals surface area contributed by atoms with E-state index in [0.717, 1.165) is 41.0 Å². The molecule has 1 aliphatic carbocycles. The number of carbonyl (C=O) groups excluding carboxylic acids is 2. The van der Waals surface area contributed by atoms with Crippen LogP contribution in [0.2, 0.25) is 0 Å². The number of aromatic nitrogens is 1. The highest BCUT2D eigenvalue weighted by molar-refractivity contribution is 7.80. The number of pyridine rings is 1. The van der Waals surface area contributed by atoms with Crippen molar-refractivity contribution in [1.82, 2.24) is 10.3 Å². The molecule has 2 N–H and O–H groups in total. The molecule has 0 fully saturated rings. The molecule has 7 nitrogen and oxygen atoms in total. The number of carbonyl (C=O) groups is 2. The van der Waals surface area contributed by atoms with Crippen molar-refractivity contribution < 1.29 is 19.1 Å². The maximum absolute atomic E-state index is 13.7. The number of fused-ring (bicyclic) bond motifs is 2. The first kappa shape index (κ1) is 29.7. The molecule has 0 spiro atoms. The van der Waals surface area contributed by atoms with Crippen LogP contribution in [0, 0.1) is 11.8 Å². The number of nitrogens with zero attached hydrogens (tertiary/aromatic N) is 1. The number of hydrogen-bond acceptors (Lipinski definition) is 7. The number of esters is 1. The molecule has 9 heteroatoms. The van der Waals surface area contributed by atoms with E-state index in [-0.39, 0.29) is 23.6 Å². The van der Waals surface area contributed by atoms with E-state index in [1.165, 1.54) is 11.3 Å². The normalized spacial score (nSPS) is 14.4. The molecule has 42 heavy (non-hydrogen) atoms. The number of ether oxygens (including phenoxy) is 2. The molecule has 4 aromatic rings. The van der Waals surface area contributed by atoms with Crippen molar-refractivity contribution in [3.63, 3.8) is 0 Å². The third-order valence-electron chi connectivity index (χ3n) is 7.12. The van der Waals surface area contributed by atoms with Crippen molar-refractivity contribution >= 4 is 56.4 Å². The molecule has 1 atom stereocenters. The zero-order valence-electron chi connectivity index (χ0n) is 24.3. The van der Waals surface area contributed by atoms with Crippen molar-refractivity contribution in [1.29, 1.82) is 0 Å². The van der Waals surface area contributed by atoms with Crippen LogP contribution >= 0.6 is 23.6 Å². The predicted octanol–water partition coefficient (Wildman–Crippen LogP) is 7.43. The SMILES string of the molecule is CCOC(=O)c1c(NC(=S)NC(=O)c2cc(-c3cccc(OCC(C)C)c3)nc3ccccc23)sc2c1CC[C@@H](C)C2. The number of benzene rings is 2. The van der Waals surface area contributed by atoms with Gasteiger partial charge in [-0.15, -0.1) is 11.3 Å². The number of nitrogens with one attached hydrogen (secondary N) is 2. The zero-order valence-corrected chi connectivity index (χ0v) is 25.9. The van der Waals surface area contributed by atoms with Gasteiger partial charge in [-0.3, -0.25) is 10.1 Å². The average Bonchev–Trinajstić information content (AvgIpc) is 3.32. The van der Waals surface area contributed by atoms with Crippen LogP contribution in [0.3, 0.4) is 0 Å². The lowest BCUT2D eigenvalue weighted by atomic mass is 9.88. The fourth-order valence-electron chi connectivity index (χ4n) is 5.08. The van der Waals surface area contributed by atoms with Gasteiger partial charge in [0.1, 0.15) is 10.8 Å². The molecular weight excluding hydrogens is 567 g/mol. The number of amides is 1. The first-order valence-corrected chi connectivity index (χ1v) is 15.5. The van der Waals surface area contributed by atoms with Gasteiger partial charge in [-0.25, -0.2) is 9.78 Å². The van der Waals surface area contributed by atoms with Crippen molar-refractivity contribution in [2.45, 2.75) is 47.0 Å². The molecule has 0 bridgehead atoms. The second kappa shape index (κ2) is 13.0. The Morgan fingerprint density at radius 1 is 1.14 bits per heavy atom. The number of thiocarbonyl (C=S) groups is 1. The topological polar surface area (TPSA) is 89.6 Å². The minimum absolute atomic E-state index is 0.115. The number of thiophene rings is 1. The van der Waals surface area contributed by atoms with Gasteiger partial charge in [0.05, 0.1) is 35.6 Å². The van der Waals surface area contributed by atoms with Crippen LogP contribution < -0.4 is 15.4 Å². The van der Waals surface area contributed by atoms with Gasteiger partial charge in [0, 0.05) is 15.8 Å². The number of rotatable bonds is 8. The van der Waals surface area contributed by atoms with Crippen molar-refractivity contribution in [3.05, 3.63) is 76.2 Å². The summed E-state index contributed by atoms with van der Waals surface area (Å²) in [5, 5.41) is 7.39. The molecule has 2 aromatic heterocycles. The molecular formula is C33H35N3O4S2. The molecule has 0 aliphatic heterocycles. The zero-order chi connectivity index (χ0) is 29.8. The molecule has 0 saturated carbocycles. The maximum Gasteiger partial charge on any atom is 0.341 e. The Bertz CT molecular complexity index is 1650. The molecule has 2 heterocycles. The van der Waals surface area contributed by atoms with E-state index in [1.54, 1.807) is 13.0 Å². The van der Waals surface area contributed by atoms with E-state index in [9.17, 15) is 9.59 Å². The van der Waals surface area contributed by atoms with Crippen molar-refractivity contribution in [3.8, 4) is 17.0 Å². The first-order chi connectivity index (χ1) is 20.2. The summed E-state index contributed by atoms with van der Waals surface area (Å²) in [5.41, 5.74) is 4.18. The Hall–Kier alpha value is -3.82. The van der Waals surface area contributed by atoms with Gasteiger partial charge in [0.15, 0.2) is 5.11 Å². The highest BCUT2D eigenvalue weighted by Gasteiger charge is 2.29. The molecule has 1 aliphatic rings. The van der Waals surface area contributed by atoms with Crippen molar-refractivity contribution in [2.75, 3.05) is 18.5 Å². The molecule has 2 aromatic carbocycles. The molecule has 218 valence electrons. The summed E-state index contributed by atoms with van der Waals surface area (Å²) in [6, 6.07) is 17.0. The van der Waals surface area contributed by atoms with Crippen LogP contribution in [0.1, 0.15) is 65.3 Å². The highest BCUT2D eigenvalue weighted by Crippen LogP contribution is 2.40. The largest absolute Gasteiger partial charge is 0.493 e. The lowest BCUT2D eigenvalue weighted by Gasteiger charge is -2.18. The predicted molar refractivity (Wildman–Crippen MR) is 173 cm³/mol. The van der Waals surface area contributed by atoms with E-state index in [4.69, 9.17) is 26.7 Å². The number of para-hydroxylation sites is 1. The highest BCUT2D eigenvalue weighted by atomic mass is 32.1. The third kappa shape index (κ3) is 6.63. The lowest BCUT2D eigenvalue weighted by molar-refractivity contribution is 0.0526. The van der Waals surface area contributed by atoms with E-state index in [1.807, 2.05) is 48.5 Å². The average molecular weight is 602 g/mol. The Labute approximate surface area is 255 Å². The van der Waals surface area contributed by atoms with Gasteiger partial charge in [-0.05, 0) is 80.1 Å². The third-order valence-corrected chi connectivity index (χ3v) is 8.49. The minimum Gasteiger partial charge on any atom is -0.493 e. The van der Waals surface area contributed by atoms with Gasteiger partial charge < -0.3 is 14.8 Å². The fourth-order valence-corrected chi connectivity index (χ4v) is 6.74. The Morgan fingerprint density at radius 2 is 1.95 bits per heavy atom. The van der Waals surface area contributed by atoms with E-state index < -0.39 is 0 Å². The molecule has 0 unspecified atom stereocenters. The van der Waals surface area contributed by atoms with Gasteiger partial charge >= 0.3 is 5.97 Å². The summed E-state index contributed by atoms with van der Waals surface area (Å²) in [5.74, 6) is 0.954. The lowest BCUT2D eigenvalue weighted by Crippen LogP contribution is -2.34. The van der Waals surface area contributed by atoms with Crippen LogP contribution in [0.15, 0.2) is 54.6 Å². The molecule has 0 radical (unpaired) electrons. The monoisotopic (exact) mass is 601 g/mol. The summed E-state index contributed by atoms with van der Waals surface area (Å²) in [4.78, 5) is 32.6. The minimum atomic E-state index is -0.370. The van der Waals surface area contributed by atoms with Crippen LogP contribution in [0.5, 0.6) is 5.75 Å². The Morgan fingerprint density at radius 3 is 2.74 bits per heavy atom. The second-order valence-corrected chi connectivity index (χ2v) is 12.5. The molecule has 5 rings (SSSR count). The summed E-state index contributed by atoms with van der Waals surface area (Å²) in [7, 11) is 0. The second-order valence-electron chi connectivity index (χ2n) is 11.0.